The SMILES string of the molecule is CC(CI(C)C)C(=O)OCCCC(F)(F)C(F)(F)S(=O)(=O)O. The van der Waals surface area contributed by atoms with Crippen LogP contribution in [0.3, 0.4) is 0 Å². The van der Waals surface area contributed by atoms with Crippen LogP contribution in [0.4, 0.5) is 17.6 Å². The zero-order valence-corrected chi connectivity index (χ0v) is 15.3. The summed E-state index contributed by atoms with van der Waals surface area (Å²) in [5, 5.41) is -5.58. The van der Waals surface area contributed by atoms with Gasteiger partial charge in [0.15, 0.2) is 0 Å². The molecule has 0 aliphatic heterocycles. The van der Waals surface area contributed by atoms with E-state index in [0.717, 1.165) is 0 Å². The Morgan fingerprint density at radius 1 is 1.27 bits per heavy atom. The molecule has 0 aromatic rings. The van der Waals surface area contributed by atoms with Crippen LogP contribution in [0.5, 0.6) is 0 Å². The molecule has 0 amide bonds. The molecule has 22 heavy (non-hydrogen) atoms. The molecule has 0 aliphatic carbocycles. The molecule has 0 saturated heterocycles. The second-order valence-corrected chi connectivity index (χ2v) is 12.5. The van der Waals surface area contributed by atoms with Gasteiger partial charge in [0.1, 0.15) is 0 Å². The Kier molecular flexibility index (Phi) is 8.02. The first-order valence-corrected chi connectivity index (χ1v) is 13.4. The number of hydrogen-bond acceptors (Lipinski definition) is 4. The maximum absolute atomic E-state index is 13.1. The molecule has 1 atom stereocenters. The van der Waals surface area contributed by atoms with Crippen LogP contribution in [0.15, 0.2) is 0 Å². The Labute approximate surface area is 133 Å². The molecule has 0 aromatic carbocycles. The quantitative estimate of drug-likeness (QED) is 0.141. The maximum atomic E-state index is 13.1. The number of rotatable bonds is 9. The van der Waals surface area contributed by atoms with Crippen molar-refractivity contribution in [3.05, 3.63) is 0 Å². The fraction of sp³-hybridized carbons (Fsp3) is 0.909. The summed E-state index contributed by atoms with van der Waals surface area (Å²) in [5.41, 5.74) is 0. The Morgan fingerprint density at radius 2 is 1.77 bits per heavy atom. The molecule has 0 rings (SSSR count). The first kappa shape index (κ1) is 21.8. The van der Waals surface area contributed by atoms with Crippen LogP contribution in [0.1, 0.15) is 19.8 Å². The molecule has 1 unspecified atom stereocenters. The van der Waals surface area contributed by atoms with Gasteiger partial charge in [-0.05, 0) is 0 Å². The van der Waals surface area contributed by atoms with Crippen LogP contribution >= 0.6 is 19.8 Å². The summed E-state index contributed by atoms with van der Waals surface area (Å²) in [6.45, 7) is 1.10. The summed E-state index contributed by atoms with van der Waals surface area (Å²) in [6.07, 6.45) is -2.20. The number of alkyl halides is 7. The van der Waals surface area contributed by atoms with Crippen molar-refractivity contribution in [3.8, 4) is 0 Å². The average Bonchev–Trinajstić information content (AvgIpc) is 2.31. The second-order valence-electron chi connectivity index (χ2n) is 4.94. The van der Waals surface area contributed by atoms with Gasteiger partial charge in [0, 0.05) is 0 Å². The molecule has 0 fully saturated rings. The third-order valence-corrected chi connectivity index (χ3v) is 6.60. The van der Waals surface area contributed by atoms with E-state index in [4.69, 9.17) is 9.29 Å². The van der Waals surface area contributed by atoms with E-state index in [1.807, 2.05) is 9.86 Å². The van der Waals surface area contributed by atoms with Gasteiger partial charge in [0.2, 0.25) is 0 Å². The molecule has 0 heterocycles. The zero-order valence-electron chi connectivity index (χ0n) is 12.3. The summed E-state index contributed by atoms with van der Waals surface area (Å²) in [5.74, 6) is -5.94. The fourth-order valence-electron chi connectivity index (χ4n) is 1.47. The third-order valence-electron chi connectivity index (χ3n) is 2.57. The van der Waals surface area contributed by atoms with Crippen LogP contribution in [-0.4, -0.2) is 51.0 Å². The van der Waals surface area contributed by atoms with Gasteiger partial charge in [0.25, 0.3) is 0 Å². The van der Waals surface area contributed by atoms with E-state index in [1.54, 1.807) is 6.92 Å². The van der Waals surface area contributed by atoms with Gasteiger partial charge < -0.3 is 0 Å². The Balaban J connectivity index is 4.39. The molecule has 0 aromatic heterocycles. The predicted molar refractivity (Wildman–Crippen MR) is 81.5 cm³/mol. The summed E-state index contributed by atoms with van der Waals surface area (Å²) in [4.78, 5) is 15.6. The number of carbonyl (C=O) groups is 1. The third kappa shape index (κ3) is 6.14. The van der Waals surface area contributed by atoms with Crippen molar-refractivity contribution in [1.82, 2.24) is 0 Å². The van der Waals surface area contributed by atoms with E-state index in [-0.39, 0.29) is 5.92 Å². The van der Waals surface area contributed by atoms with Crippen molar-refractivity contribution in [3.63, 3.8) is 0 Å². The molecule has 0 spiro atoms. The van der Waals surface area contributed by atoms with Crippen molar-refractivity contribution in [1.29, 1.82) is 0 Å². The molecule has 0 saturated carbocycles. The summed E-state index contributed by atoms with van der Waals surface area (Å²) in [7, 11) is -6.23. The van der Waals surface area contributed by atoms with E-state index in [9.17, 15) is 30.8 Å². The predicted octanol–water partition coefficient (Wildman–Crippen LogP) is 2.83. The molecule has 0 radical (unpaired) electrons. The van der Waals surface area contributed by atoms with E-state index in [0.29, 0.717) is 4.43 Å². The molecule has 134 valence electrons. The molecular weight excluding hydrogens is 447 g/mol. The number of esters is 1. The summed E-state index contributed by atoms with van der Waals surface area (Å²) < 4.78 is 86.1. The average molecular weight is 466 g/mol. The van der Waals surface area contributed by atoms with Crippen LogP contribution in [0.2, 0.25) is 0 Å². The molecule has 0 bridgehead atoms. The van der Waals surface area contributed by atoms with Gasteiger partial charge in [-0.3, -0.25) is 0 Å². The van der Waals surface area contributed by atoms with Gasteiger partial charge >= 0.3 is 134 Å². The minimum atomic E-state index is -6.23. The van der Waals surface area contributed by atoms with Gasteiger partial charge in [-0.15, -0.1) is 0 Å². The van der Waals surface area contributed by atoms with Gasteiger partial charge in [-0.25, -0.2) is 0 Å². The van der Waals surface area contributed by atoms with Crippen molar-refractivity contribution in [2.75, 3.05) is 20.9 Å². The number of hydrogen-bond donors (Lipinski definition) is 1. The van der Waals surface area contributed by atoms with Crippen LogP contribution < -0.4 is 0 Å². The fourth-order valence-corrected chi connectivity index (χ4v) is 4.95. The van der Waals surface area contributed by atoms with Crippen molar-refractivity contribution < 1.29 is 40.1 Å². The van der Waals surface area contributed by atoms with E-state index >= 15 is 0 Å². The standard InChI is InChI=1S/C11H19F4IO5S/c1-8(7-16(2)3)9(17)21-6-4-5-10(12,13)11(14,15)22(18,19)20/h8H,4-7H2,1-3H3,(H,18,19,20). The monoisotopic (exact) mass is 466 g/mol. The summed E-state index contributed by atoms with van der Waals surface area (Å²) in [6, 6.07) is 0. The Morgan fingerprint density at radius 3 is 2.18 bits per heavy atom. The van der Waals surface area contributed by atoms with E-state index < -0.39 is 66.5 Å². The number of carbonyl (C=O) groups excluding carboxylic acids is 1. The second kappa shape index (κ2) is 8.08. The molecular formula is C11H19F4IO5S. The van der Waals surface area contributed by atoms with Gasteiger partial charge in [-0.2, -0.15) is 0 Å². The van der Waals surface area contributed by atoms with Gasteiger partial charge in [-0.1, -0.05) is 0 Å². The topological polar surface area (TPSA) is 80.7 Å². The molecule has 1 N–H and O–H groups in total. The Bertz CT molecular complexity index is 481. The first-order valence-electron chi connectivity index (χ1n) is 6.07. The Hall–Kier alpha value is -0.170. The zero-order chi connectivity index (χ0) is 17.8. The van der Waals surface area contributed by atoms with Crippen LogP contribution in [-0.2, 0) is 19.6 Å². The van der Waals surface area contributed by atoms with Crippen molar-refractivity contribution >= 4 is 35.9 Å². The summed E-state index contributed by atoms with van der Waals surface area (Å²) >= 11 is -1.17. The molecule has 5 nitrogen and oxygen atoms in total. The van der Waals surface area contributed by atoms with E-state index in [1.165, 1.54) is 0 Å². The number of ether oxygens (including phenoxy) is 1. The molecule has 11 heteroatoms. The minimum absolute atomic E-state index is 0.389. The van der Waals surface area contributed by atoms with E-state index in [2.05, 4.69) is 0 Å². The normalized spacial score (nSPS) is 15.4. The van der Waals surface area contributed by atoms with Crippen molar-refractivity contribution in [2.24, 2.45) is 5.92 Å². The number of halogens is 5. The van der Waals surface area contributed by atoms with Gasteiger partial charge in [0.05, 0.1) is 0 Å². The van der Waals surface area contributed by atoms with Crippen LogP contribution in [0, 0.1) is 5.92 Å². The molecule has 0 aliphatic rings. The first-order chi connectivity index (χ1) is 9.72. The van der Waals surface area contributed by atoms with Crippen molar-refractivity contribution in [2.45, 2.75) is 30.9 Å². The van der Waals surface area contributed by atoms with Crippen LogP contribution in [0.25, 0.3) is 0 Å².